The Balaban J connectivity index is 2.09. The first-order valence-corrected chi connectivity index (χ1v) is 7.14. The lowest BCUT2D eigenvalue weighted by molar-refractivity contribution is -0.135. The first-order chi connectivity index (χ1) is 9.38. The summed E-state index contributed by atoms with van der Waals surface area (Å²) in [4.78, 5) is 13.4. The van der Waals surface area contributed by atoms with E-state index in [9.17, 15) is 9.90 Å². The molecule has 0 unspecified atom stereocenters. The van der Waals surface area contributed by atoms with Crippen molar-refractivity contribution in [2.24, 2.45) is 5.92 Å². The summed E-state index contributed by atoms with van der Waals surface area (Å²) < 4.78 is 1.76. The summed E-state index contributed by atoms with van der Waals surface area (Å²) in [5.74, 6) is 0.343. The average Bonchev–Trinajstić information content (AvgIpc) is 2.57. The molecule has 2 heterocycles. The third kappa shape index (κ3) is 3.22. The fourth-order valence-corrected chi connectivity index (χ4v) is 2.43. The molecule has 1 amide bonds. The summed E-state index contributed by atoms with van der Waals surface area (Å²) in [6.07, 6.45) is 2.81. The number of aliphatic hydroxyl groups is 1. The normalized spacial score (nSPS) is 16.2. The van der Waals surface area contributed by atoms with Crippen LogP contribution in [0.2, 0.25) is 5.15 Å². The van der Waals surface area contributed by atoms with Gasteiger partial charge in [0, 0.05) is 31.3 Å². The van der Waals surface area contributed by atoms with Gasteiger partial charge in [-0.1, -0.05) is 25.4 Å². The van der Waals surface area contributed by atoms with Crippen LogP contribution in [-0.2, 0) is 11.3 Å². The second kappa shape index (κ2) is 5.97. The van der Waals surface area contributed by atoms with Crippen molar-refractivity contribution in [2.45, 2.75) is 33.4 Å². The molecule has 1 N–H and O–H groups in total. The highest BCUT2D eigenvalue weighted by Gasteiger charge is 2.27. The molecule has 1 aromatic heterocycles. The van der Waals surface area contributed by atoms with Crippen LogP contribution in [0, 0.1) is 12.8 Å². The van der Waals surface area contributed by atoms with Crippen LogP contribution in [0.1, 0.15) is 25.1 Å². The average molecular weight is 298 g/mol. The summed E-state index contributed by atoms with van der Waals surface area (Å²) in [7, 11) is 0. The number of nitrogens with zero attached hydrogens (tertiary/aromatic N) is 3. The van der Waals surface area contributed by atoms with Crippen LogP contribution >= 0.6 is 11.6 Å². The van der Waals surface area contributed by atoms with Gasteiger partial charge in [0.15, 0.2) is 0 Å². The number of rotatable bonds is 4. The molecular formula is C14H20ClN3O2. The van der Waals surface area contributed by atoms with Crippen molar-refractivity contribution < 1.29 is 9.90 Å². The summed E-state index contributed by atoms with van der Waals surface area (Å²) in [5.41, 5.74) is 1.59. The highest BCUT2D eigenvalue weighted by molar-refractivity contribution is 6.31. The van der Waals surface area contributed by atoms with Crippen molar-refractivity contribution in [1.82, 2.24) is 14.7 Å². The summed E-state index contributed by atoms with van der Waals surface area (Å²) in [5, 5.41) is 14.1. The van der Waals surface area contributed by atoms with Crippen LogP contribution in [-0.4, -0.2) is 44.9 Å². The number of hydrogen-bond donors (Lipinski definition) is 1. The van der Waals surface area contributed by atoms with Crippen LogP contribution in [0.5, 0.6) is 0 Å². The van der Waals surface area contributed by atoms with E-state index in [-0.39, 0.29) is 12.0 Å². The molecule has 20 heavy (non-hydrogen) atoms. The Morgan fingerprint density at radius 2 is 2.20 bits per heavy atom. The number of amides is 1. The lowest BCUT2D eigenvalue weighted by Crippen LogP contribution is -2.52. The SMILES string of the molecule is Cc1nn(CC(C)C)c(Cl)c1/C=C/C(=O)N1CC(O)C1. The maximum atomic E-state index is 11.8. The van der Waals surface area contributed by atoms with E-state index in [1.54, 1.807) is 15.7 Å². The van der Waals surface area contributed by atoms with E-state index in [1.165, 1.54) is 6.08 Å². The molecule has 1 aromatic rings. The highest BCUT2D eigenvalue weighted by atomic mass is 35.5. The predicted molar refractivity (Wildman–Crippen MR) is 78.4 cm³/mol. The van der Waals surface area contributed by atoms with Crippen molar-refractivity contribution >= 4 is 23.6 Å². The molecule has 0 aliphatic carbocycles. The zero-order valence-corrected chi connectivity index (χ0v) is 12.8. The fourth-order valence-electron chi connectivity index (χ4n) is 2.12. The molecule has 1 aliphatic rings. The third-order valence-corrected chi connectivity index (χ3v) is 3.61. The predicted octanol–water partition coefficient (Wildman–Crippen LogP) is 1.72. The van der Waals surface area contributed by atoms with Gasteiger partial charge >= 0.3 is 0 Å². The minimum atomic E-state index is -0.383. The van der Waals surface area contributed by atoms with E-state index < -0.39 is 0 Å². The van der Waals surface area contributed by atoms with Gasteiger partial charge in [0.1, 0.15) is 5.15 Å². The minimum Gasteiger partial charge on any atom is -0.389 e. The van der Waals surface area contributed by atoms with E-state index >= 15 is 0 Å². The number of β-amino-alcohol motifs (C(OH)–C–C–N with tert-alkyl or cyclic N) is 1. The van der Waals surface area contributed by atoms with Gasteiger partial charge in [0.05, 0.1) is 11.8 Å². The topological polar surface area (TPSA) is 58.4 Å². The molecule has 1 aliphatic heterocycles. The molecule has 6 heteroatoms. The molecule has 0 spiro atoms. The monoisotopic (exact) mass is 297 g/mol. The van der Waals surface area contributed by atoms with Gasteiger partial charge in [-0.05, 0) is 18.9 Å². The highest BCUT2D eigenvalue weighted by Crippen LogP contribution is 2.22. The largest absolute Gasteiger partial charge is 0.389 e. The Morgan fingerprint density at radius 3 is 2.75 bits per heavy atom. The van der Waals surface area contributed by atoms with Crippen LogP contribution in [0.4, 0.5) is 0 Å². The molecule has 2 rings (SSSR count). The number of likely N-dealkylation sites (tertiary alicyclic amines) is 1. The lowest BCUT2D eigenvalue weighted by Gasteiger charge is -2.34. The number of carbonyl (C=O) groups excluding carboxylic acids is 1. The molecule has 0 aromatic carbocycles. The zero-order valence-electron chi connectivity index (χ0n) is 12.0. The van der Waals surface area contributed by atoms with Gasteiger partial charge in [-0.25, -0.2) is 0 Å². The molecule has 5 nitrogen and oxygen atoms in total. The van der Waals surface area contributed by atoms with E-state index in [4.69, 9.17) is 11.6 Å². The van der Waals surface area contributed by atoms with Crippen molar-refractivity contribution in [3.63, 3.8) is 0 Å². The second-order valence-corrected chi connectivity index (χ2v) is 5.95. The summed E-state index contributed by atoms with van der Waals surface area (Å²) in [6, 6.07) is 0. The van der Waals surface area contributed by atoms with Crippen LogP contribution < -0.4 is 0 Å². The van der Waals surface area contributed by atoms with Gasteiger partial charge < -0.3 is 10.0 Å². The molecule has 0 saturated carbocycles. The van der Waals surface area contributed by atoms with Crippen molar-refractivity contribution in [3.05, 3.63) is 22.5 Å². The number of carbonyl (C=O) groups is 1. The molecule has 0 radical (unpaired) electrons. The maximum absolute atomic E-state index is 11.8. The third-order valence-electron chi connectivity index (χ3n) is 3.21. The van der Waals surface area contributed by atoms with Gasteiger partial charge in [-0.3, -0.25) is 9.48 Å². The van der Waals surface area contributed by atoms with E-state index in [0.29, 0.717) is 24.2 Å². The van der Waals surface area contributed by atoms with E-state index in [0.717, 1.165) is 17.8 Å². The van der Waals surface area contributed by atoms with Crippen LogP contribution in [0.3, 0.4) is 0 Å². The van der Waals surface area contributed by atoms with Gasteiger partial charge in [-0.2, -0.15) is 5.10 Å². The van der Waals surface area contributed by atoms with Crippen molar-refractivity contribution in [1.29, 1.82) is 0 Å². The van der Waals surface area contributed by atoms with Crippen molar-refractivity contribution in [2.75, 3.05) is 13.1 Å². The van der Waals surface area contributed by atoms with E-state index in [1.807, 2.05) is 6.92 Å². The smallest absolute Gasteiger partial charge is 0.246 e. The van der Waals surface area contributed by atoms with E-state index in [2.05, 4.69) is 18.9 Å². The number of aliphatic hydroxyl groups excluding tert-OH is 1. The maximum Gasteiger partial charge on any atom is 0.246 e. The standard InChI is InChI=1S/C14H20ClN3O2/c1-9(2)6-18-14(15)12(10(3)16-18)4-5-13(20)17-7-11(19)8-17/h4-5,9,11,19H,6-8H2,1-3H3/b5-4+. The van der Waals surface area contributed by atoms with Crippen LogP contribution in [0.15, 0.2) is 6.08 Å². The molecule has 1 fully saturated rings. The molecule has 0 bridgehead atoms. The lowest BCUT2D eigenvalue weighted by atomic mass is 10.1. The van der Waals surface area contributed by atoms with Gasteiger partial charge in [-0.15, -0.1) is 0 Å². The quantitative estimate of drug-likeness (QED) is 0.861. The van der Waals surface area contributed by atoms with Crippen LogP contribution in [0.25, 0.3) is 6.08 Å². The number of hydrogen-bond acceptors (Lipinski definition) is 3. The number of halogens is 1. The molecule has 0 atom stereocenters. The molecular weight excluding hydrogens is 278 g/mol. The summed E-state index contributed by atoms with van der Waals surface area (Å²) in [6.45, 7) is 7.63. The Labute approximate surface area is 123 Å². The van der Waals surface area contributed by atoms with Crippen molar-refractivity contribution in [3.8, 4) is 0 Å². The second-order valence-electron chi connectivity index (χ2n) is 5.60. The minimum absolute atomic E-state index is 0.109. The Morgan fingerprint density at radius 1 is 1.55 bits per heavy atom. The first kappa shape index (κ1) is 15.1. The van der Waals surface area contributed by atoms with Gasteiger partial charge in [0.2, 0.25) is 5.91 Å². The fraction of sp³-hybridized carbons (Fsp3) is 0.571. The Bertz CT molecular complexity index is 531. The zero-order chi connectivity index (χ0) is 14.9. The Kier molecular flexibility index (Phi) is 4.50. The number of aromatic nitrogens is 2. The molecule has 110 valence electrons. The Hall–Kier alpha value is -1.33. The first-order valence-electron chi connectivity index (χ1n) is 6.76. The number of aryl methyl sites for hydroxylation is 1. The molecule has 1 saturated heterocycles. The summed E-state index contributed by atoms with van der Waals surface area (Å²) >= 11 is 6.29. The van der Waals surface area contributed by atoms with Gasteiger partial charge in [0.25, 0.3) is 0 Å².